The molecule has 1 heterocycles. The molecule has 0 unspecified atom stereocenters. The van der Waals surface area contributed by atoms with Crippen LogP contribution >= 0.6 is 0 Å². The van der Waals surface area contributed by atoms with Crippen molar-refractivity contribution in [2.45, 2.75) is 39.0 Å². The molecule has 3 rings (SSSR count). The third-order valence-corrected chi connectivity index (χ3v) is 5.05. The molecule has 160 valence electrons. The summed E-state index contributed by atoms with van der Waals surface area (Å²) in [7, 11) is 0. The number of carbonyl (C=O) groups excluding carboxylic acids is 2. The number of amides is 2. The lowest BCUT2D eigenvalue weighted by Crippen LogP contribution is -2.32. The van der Waals surface area contributed by atoms with Gasteiger partial charge in [-0.3, -0.25) is 9.59 Å². The minimum absolute atomic E-state index is 0.000980. The van der Waals surface area contributed by atoms with Gasteiger partial charge in [0, 0.05) is 30.4 Å². The number of unbranched alkanes of at least 4 members (excludes halogenated alkanes) is 2. The molecule has 6 nitrogen and oxygen atoms in total. The summed E-state index contributed by atoms with van der Waals surface area (Å²) in [6.07, 6.45) is 5.44. The van der Waals surface area contributed by atoms with Gasteiger partial charge in [-0.25, -0.2) is 0 Å². The highest BCUT2D eigenvalue weighted by molar-refractivity contribution is 6.04. The van der Waals surface area contributed by atoms with E-state index in [1.165, 1.54) is 0 Å². The maximum absolute atomic E-state index is 12.5. The van der Waals surface area contributed by atoms with Crippen molar-refractivity contribution < 1.29 is 19.1 Å². The molecule has 1 aliphatic heterocycles. The highest BCUT2D eigenvalue weighted by Crippen LogP contribution is 2.20. The molecule has 0 atom stereocenters. The second-order valence-corrected chi connectivity index (χ2v) is 7.44. The Kier molecular flexibility index (Phi) is 8.12. The number of likely N-dealkylation sites (tertiary alicyclic amines) is 1. The van der Waals surface area contributed by atoms with Gasteiger partial charge in [0.25, 0.3) is 11.8 Å². The number of rotatable bonds is 10. The van der Waals surface area contributed by atoms with Crippen molar-refractivity contribution in [1.29, 1.82) is 0 Å². The molecule has 1 saturated heterocycles. The molecule has 1 N–H and O–H groups in total. The Morgan fingerprint density at radius 2 is 1.73 bits per heavy atom. The van der Waals surface area contributed by atoms with Gasteiger partial charge >= 0.3 is 0 Å². The smallest absolute Gasteiger partial charge is 0.260 e. The second kappa shape index (κ2) is 11.2. The van der Waals surface area contributed by atoms with Gasteiger partial charge in [0.05, 0.1) is 6.61 Å². The summed E-state index contributed by atoms with van der Waals surface area (Å²) in [6, 6.07) is 14.2. The van der Waals surface area contributed by atoms with Gasteiger partial charge in [-0.05, 0) is 55.7 Å². The van der Waals surface area contributed by atoms with Crippen LogP contribution in [0.25, 0.3) is 0 Å². The van der Waals surface area contributed by atoms with Crippen molar-refractivity contribution >= 4 is 17.5 Å². The van der Waals surface area contributed by atoms with Crippen molar-refractivity contribution in [3.63, 3.8) is 0 Å². The normalized spacial score (nSPS) is 13.2. The van der Waals surface area contributed by atoms with E-state index in [4.69, 9.17) is 9.47 Å². The highest BCUT2D eigenvalue weighted by atomic mass is 16.5. The molecule has 0 radical (unpaired) electrons. The zero-order valence-corrected chi connectivity index (χ0v) is 17.6. The molecule has 6 heteroatoms. The summed E-state index contributed by atoms with van der Waals surface area (Å²) < 4.78 is 11.3. The molecule has 1 fully saturated rings. The SMILES string of the molecule is CCCCCOc1ccc(C(=O)Nc2cccc(OCC(=O)N3CCCC3)c2)cc1. The minimum atomic E-state index is -0.210. The largest absolute Gasteiger partial charge is 0.494 e. The number of nitrogens with zero attached hydrogens (tertiary/aromatic N) is 1. The molecule has 0 saturated carbocycles. The Balaban J connectivity index is 1.50. The summed E-state index contributed by atoms with van der Waals surface area (Å²) >= 11 is 0. The van der Waals surface area contributed by atoms with E-state index in [1.54, 1.807) is 36.4 Å². The van der Waals surface area contributed by atoms with Gasteiger partial charge in [0.15, 0.2) is 6.61 Å². The third-order valence-electron chi connectivity index (χ3n) is 5.05. The van der Waals surface area contributed by atoms with Crippen molar-refractivity contribution in [3.8, 4) is 11.5 Å². The predicted molar refractivity (Wildman–Crippen MR) is 117 cm³/mol. The van der Waals surface area contributed by atoms with Gasteiger partial charge in [-0.15, -0.1) is 0 Å². The van der Waals surface area contributed by atoms with Crippen molar-refractivity contribution in [2.24, 2.45) is 0 Å². The molecule has 1 aliphatic rings. The number of benzene rings is 2. The van der Waals surface area contributed by atoms with Crippen LogP contribution in [-0.4, -0.2) is 43.0 Å². The van der Waals surface area contributed by atoms with Crippen molar-refractivity contribution in [1.82, 2.24) is 4.90 Å². The summed E-state index contributed by atoms with van der Waals surface area (Å²) in [6.45, 7) is 4.47. The third kappa shape index (κ3) is 6.51. The molecule has 2 amide bonds. The molecular weight excluding hydrogens is 380 g/mol. The summed E-state index contributed by atoms with van der Waals surface area (Å²) in [5.74, 6) is 1.11. The van der Waals surface area contributed by atoms with Gasteiger partial charge in [-0.1, -0.05) is 25.8 Å². The van der Waals surface area contributed by atoms with Crippen molar-refractivity contribution in [3.05, 3.63) is 54.1 Å². The van der Waals surface area contributed by atoms with E-state index in [-0.39, 0.29) is 18.4 Å². The van der Waals surface area contributed by atoms with Crippen LogP contribution in [0.3, 0.4) is 0 Å². The molecule has 30 heavy (non-hydrogen) atoms. The number of carbonyl (C=O) groups is 2. The summed E-state index contributed by atoms with van der Waals surface area (Å²) in [4.78, 5) is 26.5. The number of ether oxygens (including phenoxy) is 2. The first-order valence-electron chi connectivity index (χ1n) is 10.7. The van der Waals surface area contributed by atoms with Crippen LogP contribution in [0.4, 0.5) is 5.69 Å². The van der Waals surface area contributed by atoms with Crippen LogP contribution in [0.1, 0.15) is 49.4 Å². The fourth-order valence-electron chi connectivity index (χ4n) is 3.31. The van der Waals surface area contributed by atoms with Gasteiger partial charge in [0.1, 0.15) is 11.5 Å². The molecule has 2 aromatic carbocycles. The van der Waals surface area contributed by atoms with Crippen molar-refractivity contribution in [2.75, 3.05) is 31.6 Å². The lowest BCUT2D eigenvalue weighted by atomic mass is 10.2. The maximum atomic E-state index is 12.5. The second-order valence-electron chi connectivity index (χ2n) is 7.44. The zero-order chi connectivity index (χ0) is 21.2. The zero-order valence-electron chi connectivity index (χ0n) is 17.6. The quantitative estimate of drug-likeness (QED) is 0.585. The number of nitrogens with one attached hydrogen (secondary N) is 1. The van der Waals surface area contributed by atoms with Crippen LogP contribution in [0.5, 0.6) is 11.5 Å². The Morgan fingerprint density at radius 1 is 0.967 bits per heavy atom. The van der Waals surface area contributed by atoms with Crippen LogP contribution in [0.2, 0.25) is 0 Å². The van der Waals surface area contributed by atoms with E-state index < -0.39 is 0 Å². The first-order chi connectivity index (χ1) is 14.7. The molecule has 2 aromatic rings. The molecule has 0 aromatic heterocycles. The molecule has 0 aliphatic carbocycles. The van der Waals surface area contributed by atoms with Crippen LogP contribution in [-0.2, 0) is 4.79 Å². The highest BCUT2D eigenvalue weighted by Gasteiger charge is 2.18. The van der Waals surface area contributed by atoms with E-state index >= 15 is 0 Å². The topological polar surface area (TPSA) is 67.9 Å². The number of hydrogen-bond acceptors (Lipinski definition) is 4. The first kappa shape index (κ1) is 21.7. The van der Waals surface area contributed by atoms with Crippen LogP contribution in [0, 0.1) is 0 Å². The predicted octanol–water partition coefficient (Wildman–Crippen LogP) is 4.51. The van der Waals surface area contributed by atoms with Gasteiger partial charge in [0.2, 0.25) is 0 Å². The van der Waals surface area contributed by atoms with Gasteiger partial charge < -0.3 is 19.7 Å². The van der Waals surface area contributed by atoms with E-state index in [2.05, 4.69) is 12.2 Å². The first-order valence-corrected chi connectivity index (χ1v) is 10.7. The van der Waals surface area contributed by atoms with E-state index in [1.807, 2.05) is 17.0 Å². The maximum Gasteiger partial charge on any atom is 0.260 e. The fourth-order valence-corrected chi connectivity index (χ4v) is 3.31. The molecule has 0 bridgehead atoms. The van der Waals surface area contributed by atoms with E-state index in [0.717, 1.165) is 50.9 Å². The Labute approximate surface area is 178 Å². The lowest BCUT2D eigenvalue weighted by Gasteiger charge is -2.15. The summed E-state index contributed by atoms with van der Waals surface area (Å²) in [5, 5.41) is 2.87. The van der Waals surface area contributed by atoms with Crippen LogP contribution in [0.15, 0.2) is 48.5 Å². The Hall–Kier alpha value is -3.02. The fraction of sp³-hybridized carbons (Fsp3) is 0.417. The van der Waals surface area contributed by atoms with E-state index in [0.29, 0.717) is 23.6 Å². The van der Waals surface area contributed by atoms with Gasteiger partial charge in [-0.2, -0.15) is 0 Å². The average molecular weight is 411 g/mol. The van der Waals surface area contributed by atoms with Crippen LogP contribution < -0.4 is 14.8 Å². The average Bonchev–Trinajstić information content (AvgIpc) is 3.31. The van der Waals surface area contributed by atoms with E-state index in [9.17, 15) is 9.59 Å². The Morgan fingerprint density at radius 3 is 2.47 bits per heavy atom. The minimum Gasteiger partial charge on any atom is -0.494 e. The lowest BCUT2D eigenvalue weighted by molar-refractivity contribution is -0.132. The number of anilines is 1. The number of hydrogen-bond donors (Lipinski definition) is 1. The standard InChI is InChI=1S/C24H30N2O4/c1-2-3-6-16-29-21-12-10-19(11-13-21)24(28)25-20-8-7-9-22(17-20)30-18-23(27)26-14-4-5-15-26/h7-13,17H,2-6,14-16,18H2,1H3,(H,25,28). The molecule has 0 spiro atoms. The molecular formula is C24H30N2O4. The summed E-state index contributed by atoms with van der Waals surface area (Å²) in [5.41, 5.74) is 1.16. The Bertz CT molecular complexity index is 829. The monoisotopic (exact) mass is 410 g/mol.